The molecule has 1 N–H and O–H groups in total. The molecular weight excluding hydrogens is 319 g/mol. The van der Waals surface area contributed by atoms with E-state index in [-0.39, 0.29) is 0 Å². The highest BCUT2D eigenvalue weighted by Gasteiger charge is 2.19. The molecule has 0 radical (unpaired) electrons. The van der Waals surface area contributed by atoms with Crippen molar-refractivity contribution in [3.8, 4) is 11.5 Å². The molecule has 1 saturated heterocycles. The summed E-state index contributed by atoms with van der Waals surface area (Å²) >= 11 is 13.8. The summed E-state index contributed by atoms with van der Waals surface area (Å²) in [6, 6.07) is 1.98. The number of rotatable bonds is 3. The van der Waals surface area contributed by atoms with Crippen molar-refractivity contribution in [3.05, 3.63) is 28.2 Å². The van der Waals surface area contributed by atoms with Crippen LogP contribution in [0.25, 0.3) is 11.5 Å². The van der Waals surface area contributed by atoms with Gasteiger partial charge in [-0.2, -0.15) is 16.7 Å². The second-order valence-corrected chi connectivity index (χ2v) is 6.42. The van der Waals surface area contributed by atoms with Gasteiger partial charge >= 0.3 is 0 Å². The van der Waals surface area contributed by atoms with Gasteiger partial charge < -0.3 is 9.84 Å². The van der Waals surface area contributed by atoms with Crippen molar-refractivity contribution in [3.63, 3.8) is 0 Å². The Labute approximate surface area is 130 Å². The largest absolute Gasteiger partial charge is 0.339 e. The van der Waals surface area contributed by atoms with Crippen molar-refractivity contribution in [2.45, 2.75) is 12.5 Å². The first-order valence-corrected chi connectivity index (χ1v) is 8.08. The Kier molecular flexibility index (Phi) is 4.45. The lowest BCUT2D eigenvalue weighted by atomic mass is 10.2. The molecule has 0 aliphatic carbocycles. The van der Waals surface area contributed by atoms with Gasteiger partial charge in [-0.15, -0.1) is 0 Å². The molecule has 3 heterocycles. The Morgan fingerprint density at radius 2 is 2.35 bits per heavy atom. The molecule has 8 heteroatoms. The van der Waals surface area contributed by atoms with E-state index in [0.717, 1.165) is 18.1 Å². The van der Waals surface area contributed by atoms with Crippen molar-refractivity contribution >= 4 is 35.0 Å². The van der Waals surface area contributed by atoms with E-state index in [1.165, 1.54) is 6.20 Å². The predicted octanol–water partition coefficient (Wildman–Crippen LogP) is 2.69. The van der Waals surface area contributed by atoms with Crippen LogP contribution in [0.1, 0.15) is 5.89 Å². The predicted molar refractivity (Wildman–Crippen MR) is 80.4 cm³/mol. The molecule has 1 aliphatic heterocycles. The fourth-order valence-electron chi connectivity index (χ4n) is 1.97. The van der Waals surface area contributed by atoms with Gasteiger partial charge in [0.05, 0.1) is 10.0 Å². The van der Waals surface area contributed by atoms with E-state index in [0.29, 0.717) is 39.9 Å². The Morgan fingerprint density at radius 1 is 1.45 bits per heavy atom. The van der Waals surface area contributed by atoms with Crippen LogP contribution in [0.3, 0.4) is 0 Å². The quantitative estimate of drug-likeness (QED) is 0.933. The molecule has 2 aromatic rings. The summed E-state index contributed by atoms with van der Waals surface area (Å²) in [5, 5.41) is 8.25. The smallest absolute Gasteiger partial charge is 0.228 e. The number of aromatic nitrogens is 3. The van der Waals surface area contributed by atoms with Crippen LogP contribution in [0.4, 0.5) is 0 Å². The van der Waals surface area contributed by atoms with Gasteiger partial charge in [0.2, 0.25) is 11.7 Å². The summed E-state index contributed by atoms with van der Waals surface area (Å²) in [6.07, 6.45) is 2.23. The van der Waals surface area contributed by atoms with E-state index in [1.54, 1.807) is 6.07 Å². The maximum absolute atomic E-state index is 6.08. The highest BCUT2D eigenvalue weighted by atomic mass is 35.5. The first kappa shape index (κ1) is 14.1. The second-order valence-electron chi connectivity index (χ2n) is 4.43. The third kappa shape index (κ3) is 3.25. The van der Waals surface area contributed by atoms with E-state index >= 15 is 0 Å². The average Bonchev–Trinajstić information content (AvgIpc) is 2.88. The van der Waals surface area contributed by atoms with Gasteiger partial charge in [-0.25, -0.2) is 4.98 Å². The molecule has 1 atom stereocenters. The van der Waals surface area contributed by atoms with Crippen molar-refractivity contribution < 1.29 is 4.52 Å². The van der Waals surface area contributed by atoms with Gasteiger partial charge in [0, 0.05) is 36.7 Å². The van der Waals surface area contributed by atoms with E-state index in [2.05, 4.69) is 20.4 Å². The van der Waals surface area contributed by atoms with Gasteiger partial charge in [-0.3, -0.25) is 0 Å². The first-order valence-electron chi connectivity index (χ1n) is 6.17. The van der Waals surface area contributed by atoms with Crippen LogP contribution in [-0.2, 0) is 6.42 Å². The molecule has 106 valence electrons. The summed E-state index contributed by atoms with van der Waals surface area (Å²) < 4.78 is 5.27. The van der Waals surface area contributed by atoms with Crippen molar-refractivity contribution in [2.24, 2.45) is 0 Å². The zero-order chi connectivity index (χ0) is 13.9. The van der Waals surface area contributed by atoms with Gasteiger partial charge in [0.1, 0.15) is 5.69 Å². The number of pyridine rings is 1. The molecule has 0 aromatic carbocycles. The molecule has 20 heavy (non-hydrogen) atoms. The minimum Gasteiger partial charge on any atom is -0.339 e. The molecule has 3 rings (SSSR count). The summed E-state index contributed by atoms with van der Waals surface area (Å²) in [4.78, 5) is 8.49. The number of nitrogens with one attached hydrogen (secondary N) is 1. The van der Waals surface area contributed by atoms with Gasteiger partial charge in [-0.1, -0.05) is 28.4 Å². The summed E-state index contributed by atoms with van der Waals surface area (Å²) in [6.45, 7) is 1.01. The molecule has 0 spiro atoms. The Bertz CT molecular complexity index is 601. The lowest BCUT2D eigenvalue weighted by Gasteiger charge is -2.21. The van der Waals surface area contributed by atoms with Crippen LogP contribution in [0.2, 0.25) is 10.0 Å². The minimum absolute atomic E-state index is 0.371. The highest BCUT2D eigenvalue weighted by Crippen LogP contribution is 2.26. The van der Waals surface area contributed by atoms with Crippen LogP contribution in [0.5, 0.6) is 0 Å². The topological polar surface area (TPSA) is 63.8 Å². The normalized spacial score (nSPS) is 19.2. The van der Waals surface area contributed by atoms with E-state index in [4.69, 9.17) is 27.7 Å². The number of thioether (sulfide) groups is 1. The lowest BCUT2D eigenvalue weighted by Crippen LogP contribution is -2.38. The zero-order valence-electron chi connectivity index (χ0n) is 10.5. The minimum atomic E-state index is 0.371. The molecule has 5 nitrogen and oxygen atoms in total. The third-order valence-electron chi connectivity index (χ3n) is 2.91. The fraction of sp³-hybridized carbons (Fsp3) is 0.417. The fourth-order valence-corrected chi connectivity index (χ4v) is 3.39. The molecule has 1 fully saturated rings. The van der Waals surface area contributed by atoms with E-state index in [9.17, 15) is 0 Å². The van der Waals surface area contributed by atoms with Crippen LogP contribution >= 0.6 is 35.0 Å². The SMILES string of the molecule is Clc1cnc(-c2noc(CC3CSCCN3)n2)c(Cl)c1. The average molecular weight is 331 g/mol. The molecule has 1 aliphatic rings. The lowest BCUT2D eigenvalue weighted by molar-refractivity contribution is 0.363. The number of nitrogens with zero attached hydrogens (tertiary/aromatic N) is 3. The summed E-state index contributed by atoms with van der Waals surface area (Å²) in [5.74, 6) is 3.19. The zero-order valence-corrected chi connectivity index (χ0v) is 12.8. The molecule has 1 unspecified atom stereocenters. The van der Waals surface area contributed by atoms with Crippen molar-refractivity contribution in [2.75, 3.05) is 18.1 Å². The molecule has 0 amide bonds. The number of hydrogen-bond acceptors (Lipinski definition) is 6. The number of hydrogen-bond donors (Lipinski definition) is 1. The molecule has 0 saturated carbocycles. The second kappa shape index (κ2) is 6.30. The van der Waals surface area contributed by atoms with Gasteiger partial charge in [-0.05, 0) is 6.07 Å². The van der Waals surface area contributed by atoms with Gasteiger partial charge in [0.15, 0.2) is 0 Å². The first-order chi connectivity index (χ1) is 9.72. The Morgan fingerprint density at radius 3 is 3.10 bits per heavy atom. The summed E-state index contributed by atoms with van der Waals surface area (Å²) in [5.41, 5.74) is 0.483. The molecular formula is C12H12Cl2N4OS. The monoisotopic (exact) mass is 330 g/mol. The van der Waals surface area contributed by atoms with Crippen LogP contribution < -0.4 is 5.32 Å². The van der Waals surface area contributed by atoms with Crippen molar-refractivity contribution in [1.82, 2.24) is 20.4 Å². The van der Waals surface area contributed by atoms with Crippen molar-refractivity contribution in [1.29, 1.82) is 0 Å². The van der Waals surface area contributed by atoms with E-state index < -0.39 is 0 Å². The number of halogens is 2. The van der Waals surface area contributed by atoms with Crippen LogP contribution in [-0.4, -0.2) is 39.2 Å². The van der Waals surface area contributed by atoms with Crippen LogP contribution in [0, 0.1) is 0 Å². The Hall–Kier alpha value is -0.820. The van der Waals surface area contributed by atoms with Crippen LogP contribution in [0.15, 0.2) is 16.8 Å². The third-order valence-corrected chi connectivity index (χ3v) is 4.53. The molecule has 2 aromatic heterocycles. The highest BCUT2D eigenvalue weighted by molar-refractivity contribution is 7.99. The summed E-state index contributed by atoms with van der Waals surface area (Å²) in [7, 11) is 0. The standard InChI is InChI=1S/C12H12Cl2N4OS/c13-7-3-9(14)11(16-5-7)12-17-10(19-18-12)4-8-6-20-2-1-15-8/h3,5,8,15H,1-2,4,6H2. The van der Waals surface area contributed by atoms with E-state index in [1.807, 2.05) is 11.8 Å². The maximum Gasteiger partial charge on any atom is 0.228 e. The van der Waals surface area contributed by atoms with Gasteiger partial charge in [0.25, 0.3) is 0 Å². The molecule has 0 bridgehead atoms. The maximum atomic E-state index is 6.08. The Balaban J connectivity index is 1.75.